The highest BCUT2D eigenvalue weighted by Gasteiger charge is 2.15. The molecule has 28 heavy (non-hydrogen) atoms. The molecule has 0 aliphatic heterocycles. The van der Waals surface area contributed by atoms with E-state index < -0.39 is 0 Å². The first kappa shape index (κ1) is 26.1. The summed E-state index contributed by atoms with van der Waals surface area (Å²) in [5.74, 6) is 1.05. The molecule has 2 amide bonds. The Labute approximate surface area is 185 Å². The molecule has 1 rings (SSSR count). The van der Waals surface area contributed by atoms with Crippen molar-refractivity contribution in [2.45, 2.75) is 34.1 Å². The first-order chi connectivity index (χ1) is 12.9. The van der Waals surface area contributed by atoms with Gasteiger partial charge in [0.25, 0.3) is 0 Å². The van der Waals surface area contributed by atoms with Gasteiger partial charge in [-0.2, -0.15) is 0 Å². The number of nitrogens with one attached hydrogen (secondary N) is 2. The van der Waals surface area contributed by atoms with E-state index in [9.17, 15) is 9.59 Å². The van der Waals surface area contributed by atoms with Crippen LogP contribution in [0.15, 0.2) is 23.3 Å². The molecule has 158 valence electrons. The maximum Gasteiger partial charge on any atom is 0.242 e. The summed E-state index contributed by atoms with van der Waals surface area (Å²) in [6.45, 7) is 10.4. The minimum Gasteiger partial charge on any atom is -0.357 e. The lowest BCUT2D eigenvalue weighted by molar-refractivity contribution is -0.131. The average Bonchev–Trinajstić information content (AvgIpc) is 2.64. The second kappa shape index (κ2) is 14.1. The number of aryl methyl sites for hydroxylation is 1. The van der Waals surface area contributed by atoms with E-state index in [1.165, 1.54) is 0 Å². The van der Waals surface area contributed by atoms with Gasteiger partial charge in [-0.1, -0.05) is 6.07 Å². The fourth-order valence-corrected chi connectivity index (χ4v) is 2.43. The summed E-state index contributed by atoms with van der Waals surface area (Å²) in [5.41, 5.74) is 1.04. The lowest BCUT2D eigenvalue weighted by Crippen LogP contribution is -2.45. The van der Waals surface area contributed by atoms with Crippen LogP contribution in [0.4, 0.5) is 5.82 Å². The Morgan fingerprint density at radius 1 is 1.18 bits per heavy atom. The smallest absolute Gasteiger partial charge is 0.242 e. The molecule has 0 unspecified atom stereocenters. The van der Waals surface area contributed by atoms with Crippen LogP contribution in [0.3, 0.4) is 0 Å². The molecular weight excluding hydrogens is 471 g/mol. The molecule has 1 aromatic heterocycles. The van der Waals surface area contributed by atoms with E-state index in [1.54, 1.807) is 22.1 Å². The number of amides is 2. The van der Waals surface area contributed by atoms with E-state index in [0.29, 0.717) is 38.0 Å². The fraction of sp³-hybridized carbons (Fsp3) is 0.579. The van der Waals surface area contributed by atoms with Crippen molar-refractivity contribution in [3.05, 3.63) is 23.9 Å². The Morgan fingerprint density at radius 3 is 2.39 bits per heavy atom. The van der Waals surface area contributed by atoms with Gasteiger partial charge in [-0.05, 0) is 39.3 Å². The minimum absolute atomic E-state index is 0. The number of pyridine rings is 1. The summed E-state index contributed by atoms with van der Waals surface area (Å²) in [4.78, 5) is 36.5. The number of carbonyl (C=O) groups excluding carboxylic acids is 2. The maximum atomic E-state index is 12.3. The summed E-state index contributed by atoms with van der Waals surface area (Å²) in [5, 5.41) is 5.91. The third-order valence-electron chi connectivity index (χ3n) is 3.96. The molecule has 0 fully saturated rings. The van der Waals surface area contributed by atoms with Crippen LogP contribution in [0, 0.1) is 6.92 Å². The van der Waals surface area contributed by atoms with E-state index >= 15 is 0 Å². The van der Waals surface area contributed by atoms with Gasteiger partial charge in [0, 0.05) is 39.3 Å². The van der Waals surface area contributed by atoms with Gasteiger partial charge in [0.05, 0.1) is 13.1 Å². The highest BCUT2D eigenvalue weighted by Crippen LogP contribution is 2.04. The van der Waals surface area contributed by atoms with E-state index in [-0.39, 0.29) is 48.8 Å². The normalized spacial score (nSPS) is 10.7. The molecule has 0 aromatic carbocycles. The minimum atomic E-state index is -0.146. The molecule has 8 nitrogen and oxygen atoms in total. The van der Waals surface area contributed by atoms with Gasteiger partial charge in [-0.15, -0.1) is 24.0 Å². The van der Waals surface area contributed by atoms with Crippen LogP contribution in [0.5, 0.6) is 0 Å². The van der Waals surface area contributed by atoms with Crippen LogP contribution in [0.25, 0.3) is 0 Å². The second-order valence-electron chi connectivity index (χ2n) is 6.18. The quantitative estimate of drug-likeness (QED) is 0.306. The second-order valence-corrected chi connectivity index (χ2v) is 6.18. The number of hydrogen-bond donors (Lipinski definition) is 2. The van der Waals surface area contributed by atoms with Crippen molar-refractivity contribution in [2.24, 2.45) is 4.99 Å². The summed E-state index contributed by atoms with van der Waals surface area (Å²) in [7, 11) is 1.82. The van der Waals surface area contributed by atoms with Gasteiger partial charge in [0.15, 0.2) is 5.96 Å². The molecule has 0 saturated carbocycles. The van der Waals surface area contributed by atoms with Gasteiger partial charge < -0.3 is 20.4 Å². The standard InChI is InChI=1S/C19H32N6O2.HI/c1-6-20-19(24(5)14-18(27)25(7-2)8-3)21-12-11-17(26)23-16-10-9-15(4)13-22-16;/h9-10,13H,6-8,11-12,14H2,1-5H3,(H,20,21)(H,22,23,26);1H. The van der Waals surface area contributed by atoms with E-state index in [2.05, 4.69) is 20.6 Å². The topological polar surface area (TPSA) is 89.9 Å². The van der Waals surface area contributed by atoms with Crippen molar-refractivity contribution in [3.63, 3.8) is 0 Å². The Morgan fingerprint density at radius 2 is 1.86 bits per heavy atom. The van der Waals surface area contributed by atoms with Gasteiger partial charge in [0.1, 0.15) is 5.82 Å². The maximum absolute atomic E-state index is 12.3. The molecule has 0 atom stereocenters. The highest BCUT2D eigenvalue weighted by atomic mass is 127. The number of halogens is 1. The van der Waals surface area contributed by atoms with E-state index in [4.69, 9.17) is 0 Å². The molecule has 1 aromatic rings. The molecule has 0 aliphatic carbocycles. The Balaban J connectivity index is 0.00000729. The molecule has 0 saturated heterocycles. The van der Waals surface area contributed by atoms with Crippen LogP contribution in [0.2, 0.25) is 0 Å². The highest BCUT2D eigenvalue weighted by molar-refractivity contribution is 14.0. The zero-order valence-corrected chi connectivity index (χ0v) is 19.8. The van der Waals surface area contributed by atoms with Crippen molar-refractivity contribution < 1.29 is 9.59 Å². The van der Waals surface area contributed by atoms with Crippen LogP contribution in [0.1, 0.15) is 32.8 Å². The summed E-state index contributed by atoms with van der Waals surface area (Å²) < 4.78 is 0. The molecular formula is C19H33IN6O2. The van der Waals surface area contributed by atoms with Crippen molar-refractivity contribution >= 4 is 47.6 Å². The number of hydrogen-bond acceptors (Lipinski definition) is 4. The summed E-state index contributed by atoms with van der Waals surface area (Å²) in [6.07, 6.45) is 1.95. The SMILES string of the molecule is CCNC(=NCCC(=O)Nc1ccc(C)cn1)N(C)CC(=O)N(CC)CC.I. The molecule has 9 heteroatoms. The van der Waals surface area contributed by atoms with Crippen LogP contribution >= 0.6 is 24.0 Å². The number of carbonyl (C=O) groups is 2. The van der Waals surface area contributed by atoms with Crippen molar-refractivity contribution in [3.8, 4) is 0 Å². The fourth-order valence-electron chi connectivity index (χ4n) is 2.43. The number of aliphatic imine (C=N–C) groups is 1. The molecule has 0 spiro atoms. The lowest BCUT2D eigenvalue weighted by Gasteiger charge is -2.25. The monoisotopic (exact) mass is 504 g/mol. The molecule has 0 bridgehead atoms. The number of likely N-dealkylation sites (N-methyl/N-ethyl adjacent to an activating group) is 2. The number of guanidine groups is 1. The van der Waals surface area contributed by atoms with Gasteiger partial charge in [-0.3, -0.25) is 14.6 Å². The molecule has 2 N–H and O–H groups in total. The number of rotatable bonds is 9. The van der Waals surface area contributed by atoms with Crippen molar-refractivity contribution in [1.82, 2.24) is 20.1 Å². The van der Waals surface area contributed by atoms with Crippen molar-refractivity contribution in [2.75, 3.05) is 45.1 Å². The van der Waals surface area contributed by atoms with Crippen LogP contribution in [-0.4, -0.2) is 72.3 Å². The molecule has 0 radical (unpaired) electrons. The first-order valence-electron chi connectivity index (χ1n) is 9.40. The lowest BCUT2D eigenvalue weighted by atomic mass is 10.3. The van der Waals surface area contributed by atoms with Crippen molar-refractivity contribution in [1.29, 1.82) is 0 Å². The largest absolute Gasteiger partial charge is 0.357 e. The number of anilines is 1. The van der Waals surface area contributed by atoms with Crippen LogP contribution < -0.4 is 10.6 Å². The zero-order chi connectivity index (χ0) is 20.2. The van der Waals surface area contributed by atoms with Crippen LogP contribution in [-0.2, 0) is 9.59 Å². The van der Waals surface area contributed by atoms with Gasteiger partial charge in [-0.25, -0.2) is 4.98 Å². The van der Waals surface area contributed by atoms with E-state index in [1.807, 2.05) is 40.8 Å². The summed E-state index contributed by atoms with van der Waals surface area (Å²) >= 11 is 0. The predicted molar refractivity (Wildman–Crippen MR) is 124 cm³/mol. The number of aromatic nitrogens is 1. The summed E-state index contributed by atoms with van der Waals surface area (Å²) in [6, 6.07) is 3.67. The third kappa shape index (κ3) is 9.34. The average molecular weight is 504 g/mol. The van der Waals surface area contributed by atoms with Gasteiger partial charge >= 0.3 is 0 Å². The molecule has 0 aliphatic rings. The van der Waals surface area contributed by atoms with E-state index in [0.717, 1.165) is 5.56 Å². The Bertz CT molecular complexity index is 632. The Kier molecular flexibility index (Phi) is 13.2. The molecule has 1 heterocycles. The first-order valence-corrected chi connectivity index (χ1v) is 9.40. The third-order valence-corrected chi connectivity index (χ3v) is 3.96. The number of nitrogens with zero attached hydrogens (tertiary/aromatic N) is 4. The predicted octanol–water partition coefficient (Wildman–Crippen LogP) is 2.10. The zero-order valence-electron chi connectivity index (χ0n) is 17.5. The Hall–Kier alpha value is -1.91. The van der Waals surface area contributed by atoms with Gasteiger partial charge in [0.2, 0.25) is 11.8 Å².